The fourth-order valence-electron chi connectivity index (χ4n) is 2.22. The highest BCUT2D eigenvalue weighted by atomic mass is 16.3. The van der Waals surface area contributed by atoms with Crippen molar-refractivity contribution in [2.75, 3.05) is 0 Å². The van der Waals surface area contributed by atoms with Crippen LogP contribution >= 0.6 is 0 Å². The molecule has 2 aromatic carbocycles. The van der Waals surface area contributed by atoms with Gasteiger partial charge in [0, 0.05) is 5.56 Å². The number of hydrogen-bond acceptors (Lipinski definition) is 4. The molecule has 0 amide bonds. The summed E-state index contributed by atoms with van der Waals surface area (Å²) in [6.07, 6.45) is 5.02. The molecule has 3 rings (SSSR count). The number of aliphatic hydroxyl groups excluding tert-OH is 1. The minimum atomic E-state index is -0.152. The Morgan fingerprint density at radius 2 is 1.83 bits per heavy atom. The van der Waals surface area contributed by atoms with E-state index >= 15 is 0 Å². The Balaban J connectivity index is 1.72. The van der Waals surface area contributed by atoms with Crippen LogP contribution in [0.5, 0.6) is 0 Å². The monoisotopic (exact) mass is 319 g/mol. The first kappa shape index (κ1) is 15.8. The second-order valence-corrected chi connectivity index (χ2v) is 5.47. The van der Waals surface area contributed by atoms with E-state index in [1.165, 1.54) is 5.56 Å². The van der Waals surface area contributed by atoms with Crippen LogP contribution in [-0.2, 0) is 6.61 Å². The molecule has 5 nitrogen and oxygen atoms in total. The molecule has 1 aromatic heterocycles. The van der Waals surface area contributed by atoms with E-state index < -0.39 is 0 Å². The van der Waals surface area contributed by atoms with Crippen molar-refractivity contribution < 1.29 is 9.90 Å². The summed E-state index contributed by atoms with van der Waals surface area (Å²) in [4.78, 5) is 12.2. The lowest BCUT2D eigenvalue weighted by Gasteiger charge is -2.01. The van der Waals surface area contributed by atoms with Gasteiger partial charge < -0.3 is 5.11 Å². The second kappa shape index (κ2) is 7.02. The standard InChI is InChI=1S/C19H17N3O2/c1-14-2-4-15(5-3-14)6-11-19(24)16-7-9-18(10-8-16)22-12-17(13-23)20-21-22/h2-12,23H,13H2,1H3/b11-6+. The number of ketones is 1. The van der Waals surface area contributed by atoms with Crippen LogP contribution in [0.2, 0.25) is 0 Å². The lowest BCUT2D eigenvalue weighted by molar-refractivity contribution is 0.104. The van der Waals surface area contributed by atoms with E-state index in [2.05, 4.69) is 10.3 Å². The van der Waals surface area contributed by atoms with Gasteiger partial charge in [-0.05, 0) is 42.8 Å². The maximum Gasteiger partial charge on any atom is 0.185 e. The molecule has 120 valence electrons. The highest BCUT2D eigenvalue weighted by Crippen LogP contribution is 2.11. The quantitative estimate of drug-likeness (QED) is 0.580. The van der Waals surface area contributed by atoms with Gasteiger partial charge in [-0.25, -0.2) is 4.68 Å². The molecular weight excluding hydrogens is 302 g/mol. The van der Waals surface area contributed by atoms with Crippen molar-refractivity contribution in [1.29, 1.82) is 0 Å². The molecule has 0 aliphatic carbocycles. The van der Waals surface area contributed by atoms with Crippen molar-refractivity contribution >= 4 is 11.9 Å². The summed E-state index contributed by atoms with van der Waals surface area (Å²) in [5.41, 5.74) is 4.05. The molecule has 0 saturated heterocycles. The Hall–Kier alpha value is -3.05. The zero-order valence-electron chi connectivity index (χ0n) is 13.3. The summed E-state index contributed by atoms with van der Waals surface area (Å²) in [6, 6.07) is 15.1. The molecule has 1 heterocycles. The van der Waals surface area contributed by atoms with Crippen molar-refractivity contribution in [3.05, 3.63) is 83.2 Å². The fraction of sp³-hybridized carbons (Fsp3) is 0.105. The summed E-state index contributed by atoms with van der Waals surface area (Å²) in [5.74, 6) is -0.0586. The minimum absolute atomic E-state index is 0.0586. The third-order valence-electron chi connectivity index (χ3n) is 3.62. The zero-order valence-corrected chi connectivity index (χ0v) is 13.3. The predicted molar refractivity (Wildman–Crippen MR) is 91.8 cm³/mol. The van der Waals surface area contributed by atoms with Crippen LogP contribution in [0.25, 0.3) is 11.8 Å². The summed E-state index contributed by atoms with van der Waals surface area (Å²) < 4.78 is 1.56. The fourth-order valence-corrected chi connectivity index (χ4v) is 2.22. The molecule has 0 spiro atoms. The molecule has 1 N–H and O–H groups in total. The first-order valence-electron chi connectivity index (χ1n) is 7.57. The van der Waals surface area contributed by atoms with Gasteiger partial charge in [0.2, 0.25) is 0 Å². The molecule has 0 fully saturated rings. The Morgan fingerprint density at radius 3 is 2.46 bits per heavy atom. The minimum Gasteiger partial charge on any atom is -0.390 e. The van der Waals surface area contributed by atoms with Crippen LogP contribution in [-0.4, -0.2) is 25.9 Å². The topological polar surface area (TPSA) is 68.0 Å². The zero-order chi connectivity index (χ0) is 16.9. The Morgan fingerprint density at radius 1 is 1.12 bits per heavy atom. The number of hydrogen-bond donors (Lipinski definition) is 1. The van der Waals surface area contributed by atoms with Crippen LogP contribution in [0.4, 0.5) is 0 Å². The normalized spacial score (nSPS) is 11.1. The average molecular weight is 319 g/mol. The number of aryl methyl sites for hydroxylation is 1. The number of benzene rings is 2. The van der Waals surface area contributed by atoms with Gasteiger partial charge in [0.25, 0.3) is 0 Å². The molecule has 0 unspecified atom stereocenters. The summed E-state index contributed by atoms with van der Waals surface area (Å²) in [5, 5.41) is 16.8. The van der Waals surface area contributed by atoms with Gasteiger partial charge in [0.05, 0.1) is 18.5 Å². The van der Waals surface area contributed by atoms with Crippen molar-refractivity contribution in [2.24, 2.45) is 0 Å². The van der Waals surface area contributed by atoms with Gasteiger partial charge in [-0.3, -0.25) is 4.79 Å². The number of carbonyl (C=O) groups excluding carboxylic acids is 1. The number of carbonyl (C=O) groups is 1. The Bertz CT molecular complexity index is 862. The molecule has 0 aliphatic rings. The summed E-state index contributed by atoms with van der Waals surface area (Å²) >= 11 is 0. The largest absolute Gasteiger partial charge is 0.390 e. The van der Waals surface area contributed by atoms with Crippen LogP contribution in [0.1, 0.15) is 27.2 Å². The molecule has 0 bridgehead atoms. The van der Waals surface area contributed by atoms with E-state index in [9.17, 15) is 4.79 Å². The molecular formula is C19H17N3O2. The highest BCUT2D eigenvalue weighted by Gasteiger charge is 2.05. The van der Waals surface area contributed by atoms with E-state index in [1.807, 2.05) is 31.2 Å². The van der Waals surface area contributed by atoms with Crippen molar-refractivity contribution in [3.63, 3.8) is 0 Å². The molecule has 5 heteroatoms. The number of allylic oxidation sites excluding steroid dienone is 1. The first-order valence-corrected chi connectivity index (χ1v) is 7.57. The van der Waals surface area contributed by atoms with E-state index in [0.29, 0.717) is 11.3 Å². The predicted octanol–water partition coefficient (Wildman–Crippen LogP) is 2.96. The van der Waals surface area contributed by atoms with Crippen LogP contribution in [0.3, 0.4) is 0 Å². The molecule has 24 heavy (non-hydrogen) atoms. The summed E-state index contributed by atoms with van der Waals surface area (Å²) in [6.45, 7) is 1.87. The molecule has 0 saturated carbocycles. The van der Waals surface area contributed by atoms with Gasteiger partial charge in [0.15, 0.2) is 5.78 Å². The third-order valence-corrected chi connectivity index (χ3v) is 3.62. The highest BCUT2D eigenvalue weighted by molar-refractivity contribution is 6.06. The van der Waals surface area contributed by atoms with Gasteiger partial charge >= 0.3 is 0 Å². The molecule has 3 aromatic rings. The second-order valence-electron chi connectivity index (χ2n) is 5.47. The van der Waals surface area contributed by atoms with Gasteiger partial charge in [-0.15, -0.1) is 5.10 Å². The molecule has 0 atom stereocenters. The third kappa shape index (κ3) is 3.64. The van der Waals surface area contributed by atoms with Gasteiger partial charge in [-0.1, -0.05) is 41.1 Å². The molecule has 0 radical (unpaired) electrons. The van der Waals surface area contributed by atoms with Gasteiger partial charge in [-0.2, -0.15) is 0 Å². The Kier molecular flexibility index (Phi) is 4.63. The maximum atomic E-state index is 12.2. The van der Waals surface area contributed by atoms with Crippen molar-refractivity contribution in [2.45, 2.75) is 13.5 Å². The number of aliphatic hydroxyl groups is 1. The maximum absolute atomic E-state index is 12.2. The molecule has 0 aliphatic heterocycles. The van der Waals surface area contributed by atoms with Crippen molar-refractivity contribution in [3.8, 4) is 5.69 Å². The SMILES string of the molecule is Cc1ccc(/C=C/C(=O)c2ccc(-n3cc(CO)nn3)cc2)cc1. The number of nitrogens with zero attached hydrogens (tertiary/aromatic N) is 3. The smallest absolute Gasteiger partial charge is 0.185 e. The van der Waals surface area contributed by atoms with Crippen molar-refractivity contribution in [1.82, 2.24) is 15.0 Å². The van der Waals surface area contributed by atoms with E-state index in [0.717, 1.165) is 11.3 Å². The average Bonchev–Trinajstić information content (AvgIpc) is 3.10. The number of rotatable bonds is 5. The van der Waals surface area contributed by atoms with E-state index in [1.54, 1.807) is 47.3 Å². The number of aromatic nitrogens is 3. The lowest BCUT2D eigenvalue weighted by Crippen LogP contribution is -1.98. The first-order chi connectivity index (χ1) is 11.7. The summed E-state index contributed by atoms with van der Waals surface area (Å²) in [7, 11) is 0. The van der Waals surface area contributed by atoms with Crippen LogP contribution in [0, 0.1) is 6.92 Å². The van der Waals surface area contributed by atoms with Crippen LogP contribution in [0.15, 0.2) is 60.8 Å². The lowest BCUT2D eigenvalue weighted by atomic mass is 10.1. The van der Waals surface area contributed by atoms with Gasteiger partial charge in [0.1, 0.15) is 5.69 Å². The van der Waals surface area contributed by atoms with Crippen LogP contribution < -0.4 is 0 Å². The van der Waals surface area contributed by atoms with E-state index in [-0.39, 0.29) is 12.4 Å². The Labute approximate surface area is 139 Å². The van der Waals surface area contributed by atoms with E-state index in [4.69, 9.17) is 5.11 Å².